The summed E-state index contributed by atoms with van der Waals surface area (Å²) in [5.74, 6) is -2.63. The number of ketones is 1. The Morgan fingerprint density at radius 2 is 1.71 bits per heavy atom. The summed E-state index contributed by atoms with van der Waals surface area (Å²) in [7, 11) is 2.98. The van der Waals surface area contributed by atoms with Crippen molar-refractivity contribution in [2.45, 2.75) is 39.5 Å². The van der Waals surface area contributed by atoms with Gasteiger partial charge in [-0.15, -0.1) is 0 Å². The van der Waals surface area contributed by atoms with Gasteiger partial charge in [-0.2, -0.15) is 0 Å². The van der Waals surface area contributed by atoms with Crippen LogP contribution in [0.2, 0.25) is 0 Å². The highest BCUT2D eigenvalue weighted by molar-refractivity contribution is 6.10. The molecular weight excluding hydrogens is 454 g/mol. The molecular formula is C27H28F2N2O4. The maximum absolute atomic E-state index is 14.3. The maximum Gasteiger partial charge on any atom is 0.254 e. The lowest BCUT2D eigenvalue weighted by atomic mass is 9.68. The van der Waals surface area contributed by atoms with Crippen LogP contribution in [-0.4, -0.2) is 25.9 Å². The van der Waals surface area contributed by atoms with E-state index in [-0.39, 0.29) is 16.8 Å². The summed E-state index contributed by atoms with van der Waals surface area (Å²) in [5, 5.41) is 5.61. The third kappa shape index (κ3) is 4.40. The number of halogens is 2. The number of anilines is 1. The number of ether oxygens (including phenoxy) is 2. The van der Waals surface area contributed by atoms with Crippen LogP contribution in [-0.2, 0) is 9.59 Å². The molecule has 2 N–H and O–H groups in total. The molecule has 1 aliphatic carbocycles. The number of allylic oxidation sites excluding steroid dienone is 3. The van der Waals surface area contributed by atoms with Gasteiger partial charge in [-0.1, -0.05) is 32.0 Å². The average molecular weight is 483 g/mol. The van der Waals surface area contributed by atoms with E-state index in [9.17, 15) is 18.4 Å². The molecule has 0 fully saturated rings. The fraction of sp³-hybridized carbons (Fsp3) is 0.333. The zero-order chi connectivity index (χ0) is 25.5. The van der Waals surface area contributed by atoms with Crippen molar-refractivity contribution in [3.8, 4) is 11.5 Å². The van der Waals surface area contributed by atoms with Gasteiger partial charge in [-0.25, -0.2) is 8.78 Å². The zero-order valence-electron chi connectivity index (χ0n) is 20.3. The minimum Gasteiger partial charge on any atom is -0.493 e. The first-order valence-corrected chi connectivity index (χ1v) is 11.3. The Hall–Kier alpha value is -3.68. The fourth-order valence-corrected chi connectivity index (χ4v) is 4.99. The molecule has 0 aromatic heterocycles. The van der Waals surface area contributed by atoms with Gasteiger partial charge in [-0.3, -0.25) is 9.59 Å². The van der Waals surface area contributed by atoms with Crippen molar-refractivity contribution in [3.63, 3.8) is 0 Å². The summed E-state index contributed by atoms with van der Waals surface area (Å²) in [6, 6.07) is 8.58. The first kappa shape index (κ1) is 24.4. The largest absolute Gasteiger partial charge is 0.493 e. The summed E-state index contributed by atoms with van der Waals surface area (Å²) in [6.07, 6.45) is 0.900. The Labute approximate surface area is 203 Å². The highest BCUT2D eigenvalue weighted by atomic mass is 19.1. The van der Waals surface area contributed by atoms with Gasteiger partial charge in [0.05, 0.1) is 20.1 Å². The fourth-order valence-electron chi connectivity index (χ4n) is 4.99. The van der Waals surface area contributed by atoms with E-state index in [0.717, 1.165) is 17.8 Å². The summed E-state index contributed by atoms with van der Waals surface area (Å²) >= 11 is 0. The summed E-state index contributed by atoms with van der Waals surface area (Å²) < 4.78 is 39.8. The van der Waals surface area contributed by atoms with Crippen molar-refractivity contribution in [1.82, 2.24) is 5.32 Å². The molecule has 0 bridgehead atoms. The maximum atomic E-state index is 14.3. The molecule has 1 heterocycles. The van der Waals surface area contributed by atoms with E-state index < -0.39 is 29.1 Å². The average Bonchev–Trinajstić information content (AvgIpc) is 2.79. The summed E-state index contributed by atoms with van der Waals surface area (Å²) in [5.41, 5.74) is 1.57. The van der Waals surface area contributed by atoms with E-state index in [4.69, 9.17) is 9.47 Å². The van der Waals surface area contributed by atoms with E-state index in [1.54, 1.807) is 25.1 Å². The molecule has 8 heteroatoms. The van der Waals surface area contributed by atoms with Crippen LogP contribution in [0.4, 0.5) is 14.5 Å². The molecule has 2 aromatic rings. The lowest BCUT2D eigenvalue weighted by Gasteiger charge is -2.40. The number of carbonyl (C=O) groups excluding carboxylic acids is 2. The van der Waals surface area contributed by atoms with Gasteiger partial charge in [0.1, 0.15) is 17.3 Å². The molecule has 2 aliphatic rings. The van der Waals surface area contributed by atoms with E-state index in [0.29, 0.717) is 41.2 Å². The number of para-hydroxylation sites is 2. The zero-order valence-corrected chi connectivity index (χ0v) is 20.3. The minimum absolute atomic E-state index is 0.103. The number of methoxy groups -OCH3 is 2. The van der Waals surface area contributed by atoms with Crippen molar-refractivity contribution >= 4 is 17.4 Å². The van der Waals surface area contributed by atoms with Crippen molar-refractivity contribution < 1.29 is 27.8 Å². The standard InChI is InChI=1S/C27H28F2N2O4/c1-14-21(26(33)31-24-16(28)9-7-10-17(24)29)22(15-8-6-11-20(34-4)25(15)35-5)23-18(30-14)12-27(2,3)13-19(23)32/h6-11,22,30H,12-13H2,1-5H3,(H,31,33)/t22-/m1/s1. The summed E-state index contributed by atoms with van der Waals surface area (Å²) in [6.45, 7) is 5.74. The van der Waals surface area contributed by atoms with Gasteiger partial charge < -0.3 is 20.1 Å². The van der Waals surface area contributed by atoms with Crippen molar-refractivity contribution in [1.29, 1.82) is 0 Å². The predicted molar refractivity (Wildman–Crippen MR) is 128 cm³/mol. The van der Waals surface area contributed by atoms with Gasteiger partial charge in [0.25, 0.3) is 5.91 Å². The molecule has 4 rings (SSSR count). The number of hydrogen-bond donors (Lipinski definition) is 2. The third-order valence-corrected chi connectivity index (χ3v) is 6.43. The number of dihydropyridines is 1. The molecule has 0 saturated heterocycles. The van der Waals surface area contributed by atoms with Gasteiger partial charge in [0.2, 0.25) is 0 Å². The number of amides is 1. The highest BCUT2D eigenvalue weighted by Gasteiger charge is 2.44. The van der Waals surface area contributed by atoms with Crippen LogP contribution in [0.1, 0.15) is 45.1 Å². The van der Waals surface area contributed by atoms with Crippen LogP contribution in [0.25, 0.3) is 0 Å². The lowest BCUT2D eigenvalue weighted by molar-refractivity contribution is -0.118. The Morgan fingerprint density at radius 1 is 1.06 bits per heavy atom. The first-order valence-electron chi connectivity index (χ1n) is 11.3. The van der Waals surface area contributed by atoms with Crippen LogP contribution in [0, 0.1) is 17.0 Å². The van der Waals surface area contributed by atoms with Crippen LogP contribution in [0.5, 0.6) is 11.5 Å². The quantitative estimate of drug-likeness (QED) is 0.611. The topological polar surface area (TPSA) is 76.7 Å². The Kier molecular flexibility index (Phi) is 6.40. The van der Waals surface area contributed by atoms with Gasteiger partial charge in [-0.05, 0) is 37.0 Å². The lowest BCUT2D eigenvalue weighted by Crippen LogP contribution is -2.39. The molecule has 0 saturated carbocycles. The van der Waals surface area contributed by atoms with E-state index in [1.807, 2.05) is 13.8 Å². The molecule has 1 aliphatic heterocycles. The second-order valence-electron chi connectivity index (χ2n) is 9.56. The molecule has 2 aromatic carbocycles. The van der Waals surface area contributed by atoms with Gasteiger partial charge >= 0.3 is 0 Å². The van der Waals surface area contributed by atoms with E-state index >= 15 is 0 Å². The molecule has 1 atom stereocenters. The third-order valence-electron chi connectivity index (χ3n) is 6.43. The SMILES string of the molecule is COc1cccc([C@@H]2C(C(=O)Nc3c(F)cccc3F)=C(C)NC3=C2C(=O)CC(C)(C)C3)c1OC. The molecule has 6 nitrogen and oxygen atoms in total. The Bertz CT molecular complexity index is 1260. The highest BCUT2D eigenvalue weighted by Crippen LogP contribution is 2.50. The predicted octanol–water partition coefficient (Wildman–Crippen LogP) is 5.22. The van der Waals surface area contributed by atoms with Crippen LogP contribution >= 0.6 is 0 Å². The molecule has 35 heavy (non-hydrogen) atoms. The van der Waals surface area contributed by atoms with E-state index in [2.05, 4.69) is 10.6 Å². The number of Topliss-reactive ketones (excluding diaryl/α,β-unsaturated/α-hetero) is 1. The number of rotatable bonds is 5. The molecule has 184 valence electrons. The number of hydrogen-bond acceptors (Lipinski definition) is 5. The van der Waals surface area contributed by atoms with Crippen molar-refractivity contribution in [2.75, 3.05) is 19.5 Å². The first-order chi connectivity index (χ1) is 16.6. The smallest absolute Gasteiger partial charge is 0.254 e. The second kappa shape index (κ2) is 9.17. The van der Waals surface area contributed by atoms with Crippen molar-refractivity contribution in [2.24, 2.45) is 5.41 Å². The minimum atomic E-state index is -0.897. The number of benzene rings is 2. The molecule has 1 amide bonds. The molecule has 0 radical (unpaired) electrons. The number of carbonyl (C=O) groups is 2. The Morgan fingerprint density at radius 3 is 2.34 bits per heavy atom. The second-order valence-corrected chi connectivity index (χ2v) is 9.56. The van der Waals surface area contributed by atoms with Crippen LogP contribution in [0.3, 0.4) is 0 Å². The Balaban J connectivity index is 1.91. The monoisotopic (exact) mass is 482 g/mol. The molecule has 0 unspecified atom stereocenters. The van der Waals surface area contributed by atoms with Crippen LogP contribution in [0.15, 0.2) is 58.9 Å². The van der Waals surface area contributed by atoms with E-state index in [1.165, 1.54) is 20.3 Å². The summed E-state index contributed by atoms with van der Waals surface area (Å²) in [4.78, 5) is 27.1. The normalized spacial score (nSPS) is 19.2. The number of nitrogens with one attached hydrogen (secondary N) is 2. The van der Waals surface area contributed by atoms with Crippen LogP contribution < -0.4 is 20.1 Å². The van der Waals surface area contributed by atoms with Gasteiger partial charge in [0, 0.05) is 34.5 Å². The van der Waals surface area contributed by atoms with Crippen molar-refractivity contribution in [3.05, 3.63) is 76.1 Å². The van der Waals surface area contributed by atoms with Gasteiger partial charge in [0.15, 0.2) is 17.3 Å². The molecule has 0 spiro atoms.